The SMILES string of the molecule is CCCCc1oc(CCc2ccc(O)c(OCC3(c4cc5c([nH]4)CC[C@H]4CCC[C@@H]4[C@@H]5CNC[C@H](C)O)CCCCC3)c2)cc1CO. The van der Waals surface area contributed by atoms with Gasteiger partial charge in [0, 0.05) is 54.2 Å². The molecule has 0 saturated heterocycles. The number of phenolic OH excluding ortho intramolecular Hbond substituents is 1. The summed E-state index contributed by atoms with van der Waals surface area (Å²) in [4.78, 5) is 3.98. The van der Waals surface area contributed by atoms with Crippen LogP contribution in [0.25, 0.3) is 0 Å². The molecule has 47 heavy (non-hydrogen) atoms. The van der Waals surface area contributed by atoms with Crippen LogP contribution in [0.2, 0.25) is 0 Å². The van der Waals surface area contributed by atoms with Gasteiger partial charge in [0.05, 0.1) is 19.3 Å². The maximum Gasteiger partial charge on any atom is 0.161 e. The lowest BCUT2D eigenvalue weighted by molar-refractivity contribution is 0.161. The highest BCUT2D eigenvalue weighted by atomic mass is 16.5. The van der Waals surface area contributed by atoms with Gasteiger partial charge in [0.2, 0.25) is 0 Å². The average molecular weight is 647 g/mol. The number of aliphatic hydroxyl groups is 2. The highest BCUT2D eigenvalue weighted by Gasteiger charge is 2.41. The molecule has 6 rings (SSSR count). The Morgan fingerprint density at radius 3 is 2.68 bits per heavy atom. The van der Waals surface area contributed by atoms with Crippen molar-refractivity contribution in [3.63, 3.8) is 0 Å². The van der Waals surface area contributed by atoms with Crippen LogP contribution in [-0.2, 0) is 37.7 Å². The van der Waals surface area contributed by atoms with Gasteiger partial charge in [-0.15, -0.1) is 0 Å². The lowest BCUT2D eigenvalue weighted by atomic mass is 9.72. The molecule has 0 amide bonds. The number of aromatic hydroxyl groups is 1. The van der Waals surface area contributed by atoms with Crippen LogP contribution in [-0.4, -0.2) is 46.1 Å². The van der Waals surface area contributed by atoms with Gasteiger partial charge in [-0.05, 0) is 99.1 Å². The van der Waals surface area contributed by atoms with Gasteiger partial charge in [0.25, 0.3) is 0 Å². The minimum atomic E-state index is -0.341. The molecule has 0 unspecified atom stereocenters. The predicted molar refractivity (Wildman–Crippen MR) is 186 cm³/mol. The Kier molecular flexibility index (Phi) is 11.4. The van der Waals surface area contributed by atoms with Crippen LogP contribution in [0.3, 0.4) is 0 Å². The number of furan rings is 1. The number of aliphatic hydroxyl groups excluding tert-OH is 2. The zero-order valence-electron chi connectivity index (χ0n) is 28.8. The molecule has 3 aromatic rings. The highest BCUT2D eigenvalue weighted by molar-refractivity contribution is 5.43. The Morgan fingerprint density at radius 2 is 1.89 bits per heavy atom. The summed E-state index contributed by atoms with van der Waals surface area (Å²) in [5, 5.41) is 34.2. The van der Waals surface area contributed by atoms with Crippen LogP contribution in [0.1, 0.15) is 130 Å². The zero-order chi connectivity index (χ0) is 32.8. The van der Waals surface area contributed by atoms with E-state index >= 15 is 0 Å². The summed E-state index contributed by atoms with van der Waals surface area (Å²) in [6, 6.07) is 10.2. The predicted octanol–water partition coefficient (Wildman–Crippen LogP) is 7.63. The van der Waals surface area contributed by atoms with E-state index in [1.54, 1.807) is 6.07 Å². The van der Waals surface area contributed by atoms with Crippen molar-refractivity contribution < 1.29 is 24.5 Å². The molecule has 2 heterocycles. The number of nitrogens with one attached hydrogen (secondary N) is 2. The van der Waals surface area contributed by atoms with Crippen LogP contribution < -0.4 is 10.1 Å². The number of H-pyrrole nitrogens is 1. The molecule has 0 aliphatic heterocycles. The second-order valence-corrected chi connectivity index (χ2v) is 15.0. The fraction of sp³-hybridized carbons (Fsp3) is 0.650. The van der Waals surface area contributed by atoms with Crippen LogP contribution in [0.15, 0.2) is 34.7 Å². The Balaban J connectivity index is 1.18. The molecule has 0 radical (unpaired) electrons. The van der Waals surface area contributed by atoms with Crippen molar-refractivity contribution in [2.75, 3.05) is 19.7 Å². The first-order chi connectivity index (χ1) is 22.9. The summed E-state index contributed by atoms with van der Waals surface area (Å²) >= 11 is 0. The monoisotopic (exact) mass is 646 g/mol. The molecule has 2 aromatic heterocycles. The van der Waals surface area contributed by atoms with Crippen LogP contribution in [0, 0.1) is 11.8 Å². The van der Waals surface area contributed by atoms with Crippen molar-refractivity contribution >= 4 is 0 Å². The summed E-state index contributed by atoms with van der Waals surface area (Å²) < 4.78 is 12.7. The largest absolute Gasteiger partial charge is 0.504 e. The van der Waals surface area contributed by atoms with Crippen LogP contribution in [0.5, 0.6) is 11.5 Å². The quantitative estimate of drug-likeness (QED) is 0.116. The van der Waals surface area contributed by atoms with E-state index < -0.39 is 0 Å². The minimum absolute atomic E-state index is 0.00687. The number of fused-ring (bicyclic) bond motifs is 2. The molecule has 4 atom stereocenters. The van der Waals surface area contributed by atoms with Crippen molar-refractivity contribution in [1.82, 2.24) is 10.3 Å². The van der Waals surface area contributed by atoms with E-state index in [4.69, 9.17) is 9.15 Å². The summed E-state index contributed by atoms with van der Waals surface area (Å²) in [5.74, 6) is 4.51. The van der Waals surface area contributed by atoms with Gasteiger partial charge in [-0.1, -0.05) is 51.5 Å². The lowest BCUT2D eigenvalue weighted by Gasteiger charge is -2.36. The van der Waals surface area contributed by atoms with Gasteiger partial charge in [-0.3, -0.25) is 0 Å². The molecule has 0 spiro atoms. The molecule has 0 bridgehead atoms. The number of aromatic nitrogens is 1. The van der Waals surface area contributed by atoms with Gasteiger partial charge in [-0.2, -0.15) is 0 Å². The molecular formula is C40H58N2O5. The zero-order valence-corrected chi connectivity index (χ0v) is 28.8. The van der Waals surface area contributed by atoms with Gasteiger partial charge in [0.1, 0.15) is 11.5 Å². The highest BCUT2D eigenvalue weighted by Crippen LogP contribution is 2.49. The standard InChI is InChI=1S/C40H58N2O5/c1-3-4-11-37-30(25-43)21-31(47-37)15-12-28-13-17-36(45)38(20-28)46-26-40(18-6-5-7-19-40)39-22-33-34(24-41-23-27(2)44)32-10-8-9-29(32)14-16-35(33)42-39/h13,17,20-22,27,29,32,34,41-45H,3-12,14-16,18-19,23-26H2,1-2H3/t27-,29+,32-,34-/m0/s1. The molecular weight excluding hydrogens is 588 g/mol. The van der Waals surface area contributed by atoms with Crippen molar-refractivity contribution in [3.05, 3.63) is 69.9 Å². The third kappa shape index (κ3) is 7.95. The molecule has 1 aromatic carbocycles. The molecule has 2 fully saturated rings. The van der Waals surface area contributed by atoms with Crippen molar-refractivity contribution in [2.24, 2.45) is 11.8 Å². The molecule has 5 N–H and O–H groups in total. The molecule has 7 nitrogen and oxygen atoms in total. The molecule has 3 aliphatic rings. The topological polar surface area (TPSA) is 111 Å². The molecule has 2 saturated carbocycles. The number of unbranched alkanes of at least 4 members (excludes halogenated alkanes) is 1. The van der Waals surface area contributed by atoms with Crippen LogP contribution in [0.4, 0.5) is 0 Å². The van der Waals surface area contributed by atoms with E-state index in [1.165, 1.54) is 61.9 Å². The smallest absolute Gasteiger partial charge is 0.161 e. The first-order valence-electron chi connectivity index (χ1n) is 18.7. The third-order valence-corrected chi connectivity index (χ3v) is 11.6. The fourth-order valence-corrected chi connectivity index (χ4v) is 8.93. The van der Waals surface area contributed by atoms with E-state index in [0.29, 0.717) is 30.7 Å². The van der Waals surface area contributed by atoms with Gasteiger partial charge >= 0.3 is 0 Å². The van der Waals surface area contributed by atoms with E-state index in [0.717, 1.165) is 86.5 Å². The summed E-state index contributed by atoms with van der Waals surface area (Å²) in [7, 11) is 0. The van der Waals surface area contributed by atoms with Crippen LogP contribution >= 0.6 is 0 Å². The number of ether oxygens (including phenoxy) is 1. The van der Waals surface area contributed by atoms with Gasteiger partial charge < -0.3 is 34.8 Å². The summed E-state index contributed by atoms with van der Waals surface area (Å²) in [6.07, 6.45) is 16.3. The molecule has 258 valence electrons. The lowest BCUT2D eigenvalue weighted by Crippen LogP contribution is -2.36. The fourth-order valence-electron chi connectivity index (χ4n) is 8.93. The summed E-state index contributed by atoms with van der Waals surface area (Å²) in [5.41, 5.74) is 6.09. The second kappa shape index (κ2) is 15.7. The Morgan fingerprint density at radius 1 is 1.04 bits per heavy atom. The van der Waals surface area contributed by atoms with E-state index in [9.17, 15) is 15.3 Å². The minimum Gasteiger partial charge on any atom is -0.504 e. The maximum absolute atomic E-state index is 10.9. The van der Waals surface area contributed by atoms with Crippen molar-refractivity contribution in [1.29, 1.82) is 0 Å². The van der Waals surface area contributed by atoms with E-state index in [2.05, 4.69) is 23.3 Å². The second-order valence-electron chi connectivity index (χ2n) is 15.0. The van der Waals surface area contributed by atoms with Crippen molar-refractivity contribution in [3.8, 4) is 11.5 Å². The Labute approximate surface area is 281 Å². The number of aromatic amines is 1. The number of aryl methyl sites for hydroxylation is 4. The summed E-state index contributed by atoms with van der Waals surface area (Å²) in [6.45, 7) is 6.11. The van der Waals surface area contributed by atoms with Gasteiger partial charge in [-0.25, -0.2) is 0 Å². The number of benzene rings is 1. The van der Waals surface area contributed by atoms with Gasteiger partial charge in [0.15, 0.2) is 11.5 Å². The van der Waals surface area contributed by atoms with E-state index in [1.807, 2.05) is 25.1 Å². The average Bonchev–Trinajstić information content (AvgIpc) is 3.81. The Hall–Kier alpha value is -2.74. The molecule has 7 heteroatoms. The van der Waals surface area contributed by atoms with E-state index in [-0.39, 0.29) is 23.9 Å². The first-order valence-corrected chi connectivity index (χ1v) is 18.7. The molecule has 3 aliphatic carbocycles. The number of rotatable bonds is 15. The third-order valence-electron chi connectivity index (χ3n) is 11.6. The first kappa shape index (κ1) is 34.1. The number of hydrogen-bond donors (Lipinski definition) is 5. The number of phenols is 1. The van der Waals surface area contributed by atoms with Crippen molar-refractivity contribution in [2.45, 2.75) is 134 Å². The number of hydrogen-bond acceptors (Lipinski definition) is 6. The Bertz CT molecular complexity index is 1430. The maximum atomic E-state index is 10.9. The normalized spacial score (nSPS) is 22.9.